The molecule has 0 aromatic heterocycles. The second-order valence-corrected chi connectivity index (χ2v) is 4.41. The molecule has 0 spiro atoms. The third-order valence-corrected chi connectivity index (χ3v) is 3.27. The van der Waals surface area contributed by atoms with Crippen molar-refractivity contribution in [3.05, 3.63) is 0 Å². The Morgan fingerprint density at radius 3 is 3.00 bits per heavy atom. The Kier molecular flexibility index (Phi) is 5.31. The van der Waals surface area contributed by atoms with Gasteiger partial charge in [-0.05, 0) is 25.2 Å². The first-order valence-electron chi connectivity index (χ1n) is 5.61. The zero-order valence-electron chi connectivity index (χ0n) is 8.97. The third-order valence-electron chi connectivity index (χ3n) is 2.83. The van der Waals surface area contributed by atoms with Crippen LogP contribution >= 0.6 is 11.6 Å². The van der Waals surface area contributed by atoms with E-state index in [4.69, 9.17) is 11.6 Å². The third kappa shape index (κ3) is 3.49. The summed E-state index contributed by atoms with van der Waals surface area (Å²) in [5.74, 6) is 1.54. The van der Waals surface area contributed by atoms with Crippen molar-refractivity contribution in [2.45, 2.75) is 39.0 Å². The molecule has 1 heterocycles. The first kappa shape index (κ1) is 11.8. The van der Waals surface area contributed by atoms with Crippen LogP contribution in [0, 0.1) is 5.92 Å². The Bertz CT molecular complexity index is 184. The highest BCUT2D eigenvalue weighted by Gasteiger charge is 2.22. The average Bonchev–Trinajstić information content (AvgIpc) is 2.26. The standard InChI is InChI=1S/C11H20ClNO/c1-2-3-6-11(14)13-7-4-5-10(8-12)9-13/h10H,2-9H2,1H3. The summed E-state index contributed by atoms with van der Waals surface area (Å²) in [6.07, 6.45) is 5.13. The average molecular weight is 218 g/mol. The van der Waals surface area contributed by atoms with Gasteiger partial charge in [0.05, 0.1) is 0 Å². The van der Waals surface area contributed by atoms with E-state index >= 15 is 0 Å². The van der Waals surface area contributed by atoms with Gasteiger partial charge in [0.1, 0.15) is 0 Å². The molecule has 1 fully saturated rings. The molecule has 1 amide bonds. The van der Waals surface area contributed by atoms with E-state index in [1.165, 1.54) is 6.42 Å². The lowest BCUT2D eigenvalue weighted by Gasteiger charge is -2.31. The highest BCUT2D eigenvalue weighted by molar-refractivity contribution is 6.18. The van der Waals surface area contributed by atoms with E-state index in [1.807, 2.05) is 4.90 Å². The smallest absolute Gasteiger partial charge is 0.222 e. The number of hydrogen-bond acceptors (Lipinski definition) is 1. The van der Waals surface area contributed by atoms with Crippen molar-refractivity contribution in [2.24, 2.45) is 5.92 Å². The fourth-order valence-corrected chi connectivity index (χ4v) is 2.16. The lowest BCUT2D eigenvalue weighted by molar-refractivity contribution is -0.132. The fourth-order valence-electron chi connectivity index (χ4n) is 1.90. The fraction of sp³-hybridized carbons (Fsp3) is 0.909. The Morgan fingerprint density at radius 2 is 2.36 bits per heavy atom. The van der Waals surface area contributed by atoms with Gasteiger partial charge in [0.15, 0.2) is 0 Å². The molecule has 14 heavy (non-hydrogen) atoms. The molecule has 1 atom stereocenters. The van der Waals surface area contributed by atoms with Gasteiger partial charge in [-0.3, -0.25) is 4.79 Å². The zero-order valence-corrected chi connectivity index (χ0v) is 9.72. The van der Waals surface area contributed by atoms with Gasteiger partial charge in [0.2, 0.25) is 5.91 Å². The van der Waals surface area contributed by atoms with E-state index in [2.05, 4.69) is 6.92 Å². The minimum Gasteiger partial charge on any atom is -0.342 e. The van der Waals surface area contributed by atoms with Crippen LogP contribution in [-0.4, -0.2) is 29.8 Å². The van der Waals surface area contributed by atoms with Crippen LogP contribution in [0.5, 0.6) is 0 Å². The number of hydrogen-bond donors (Lipinski definition) is 0. The Labute approximate surface area is 91.6 Å². The topological polar surface area (TPSA) is 20.3 Å². The lowest BCUT2D eigenvalue weighted by Crippen LogP contribution is -2.40. The number of piperidine rings is 1. The van der Waals surface area contributed by atoms with Crippen molar-refractivity contribution >= 4 is 17.5 Å². The number of rotatable bonds is 4. The van der Waals surface area contributed by atoms with E-state index in [0.29, 0.717) is 24.1 Å². The van der Waals surface area contributed by atoms with Gasteiger partial charge in [0.25, 0.3) is 0 Å². The van der Waals surface area contributed by atoms with Crippen molar-refractivity contribution in [3.8, 4) is 0 Å². The molecule has 1 unspecified atom stereocenters. The van der Waals surface area contributed by atoms with E-state index < -0.39 is 0 Å². The predicted molar refractivity (Wildman–Crippen MR) is 59.5 cm³/mol. The Morgan fingerprint density at radius 1 is 1.57 bits per heavy atom. The van der Waals surface area contributed by atoms with Gasteiger partial charge in [-0.2, -0.15) is 0 Å². The summed E-state index contributed by atoms with van der Waals surface area (Å²) in [6.45, 7) is 3.94. The molecule has 0 saturated carbocycles. The maximum absolute atomic E-state index is 11.7. The number of halogens is 1. The van der Waals surface area contributed by atoms with Crippen molar-refractivity contribution in [2.75, 3.05) is 19.0 Å². The van der Waals surface area contributed by atoms with Gasteiger partial charge < -0.3 is 4.90 Å². The summed E-state index contributed by atoms with van der Waals surface area (Å²) in [5.41, 5.74) is 0. The van der Waals surface area contributed by atoms with Crippen LogP contribution in [0.25, 0.3) is 0 Å². The molecule has 1 rings (SSSR count). The summed E-state index contributed by atoms with van der Waals surface area (Å²) in [6, 6.07) is 0. The van der Waals surface area contributed by atoms with Crippen LogP contribution in [0.15, 0.2) is 0 Å². The number of carbonyl (C=O) groups is 1. The van der Waals surface area contributed by atoms with Gasteiger partial charge in [-0.1, -0.05) is 13.3 Å². The molecule has 82 valence electrons. The molecule has 1 aliphatic rings. The van der Waals surface area contributed by atoms with Gasteiger partial charge in [-0.25, -0.2) is 0 Å². The van der Waals surface area contributed by atoms with Crippen LogP contribution in [0.2, 0.25) is 0 Å². The first-order chi connectivity index (χ1) is 6.77. The zero-order chi connectivity index (χ0) is 10.4. The maximum atomic E-state index is 11.7. The van der Waals surface area contributed by atoms with Crippen LogP contribution in [-0.2, 0) is 4.79 Å². The Hall–Kier alpha value is -0.240. The van der Waals surface area contributed by atoms with Gasteiger partial charge in [-0.15, -0.1) is 11.6 Å². The van der Waals surface area contributed by atoms with Crippen molar-refractivity contribution in [3.63, 3.8) is 0 Å². The van der Waals surface area contributed by atoms with E-state index in [9.17, 15) is 4.79 Å². The molecule has 1 aliphatic heterocycles. The highest BCUT2D eigenvalue weighted by Crippen LogP contribution is 2.18. The summed E-state index contributed by atoms with van der Waals surface area (Å²) >= 11 is 5.82. The maximum Gasteiger partial charge on any atom is 0.222 e. The molecule has 3 heteroatoms. The number of unbranched alkanes of at least 4 members (excludes halogenated alkanes) is 1. The normalized spacial score (nSPS) is 22.4. The van der Waals surface area contributed by atoms with Gasteiger partial charge >= 0.3 is 0 Å². The molecule has 0 aliphatic carbocycles. The molecule has 0 bridgehead atoms. The molecule has 1 saturated heterocycles. The quantitative estimate of drug-likeness (QED) is 0.663. The molecule has 0 N–H and O–H groups in total. The van der Waals surface area contributed by atoms with Crippen LogP contribution < -0.4 is 0 Å². The number of alkyl halides is 1. The minimum absolute atomic E-state index is 0.321. The highest BCUT2D eigenvalue weighted by atomic mass is 35.5. The van der Waals surface area contributed by atoms with Crippen LogP contribution in [0.1, 0.15) is 39.0 Å². The lowest BCUT2D eigenvalue weighted by atomic mass is 9.99. The largest absolute Gasteiger partial charge is 0.342 e. The monoisotopic (exact) mass is 217 g/mol. The summed E-state index contributed by atoms with van der Waals surface area (Å²) in [7, 11) is 0. The predicted octanol–water partition coefficient (Wildman–Crippen LogP) is 2.65. The van der Waals surface area contributed by atoms with Crippen molar-refractivity contribution < 1.29 is 4.79 Å². The van der Waals surface area contributed by atoms with Crippen LogP contribution in [0.3, 0.4) is 0 Å². The number of likely N-dealkylation sites (tertiary alicyclic amines) is 1. The second kappa shape index (κ2) is 6.28. The summed E-state index contributed by atoms with van der Waals surface area (Å²) < 4.78 is 0. The molecule has 0 radical (unpaired) electrons. The molecule has 0 aromatic carbocycles. The Balaban J connectivity index is 2.31. The minimum atomic E-state index is 0.321. The summed E-state index contributed by atoms with van der Waals surface area (Å²) in [5, 5.41) is 0. The summed E-state index contributed by atoms with van der Waals surface area (Å²) in [4.78, 5) is 13.7. The molecular weight excluding hydrogens is 198 g/mol. The second-order valence-electron chi connectivity index (χ2n) is 4.11. The SMILES string of the molecule is CCCCC(=O)N1CCCC(CCl)C1. The van der Waals surface area contributed by atoms with Crippen molar-refractivity contribution in [1.82, 2.24) is 4.90 Å². The molecule has 2 nitrogen and oxygen atoms in total. The van der Waals surface area contributed by atoms with E-state index in [1.54, 1.807) is 0 Å². The van der Waals surface area contributed by atoms with Gasteiger partial charge in [0, 0.05) is 25.4 Å². The number of amides is 1. The van der Waals surface area contributed by atoms with Crippen molar-refractivity contribution in [1.29, 1.82) is 0 Å². The van der Waals surface area contributed by atoms with E-state index in [-0.39, 0.29) is 0 Å². The molecular formula is C11H20ClNO. The number of carbonyl (C=O) groups excluding carboxylic acids is 1. The molecule has 0 aromatic rings. The first-order valence-corrected chi connectivity index (χ1v) is 6.15. The van der Waals surface area contributed by atoms with E-state index in [0.717, 1.165) is 32.4 Å². The number of nitrogens with zero attached hydrogens (tertiary/aromatic N) is 1. The van der Waals surface area contributed by atoms with Crippen LogP contribution in [0.4, 0.5) is 0 Å².